The molecule has 0 radical (unpaired) electrons. The van der Waals surface area contributed by atoms with Crippen molar-refractivity contribution in [1.82, 2.24) is 0 Å². The molecule has 29 heavy (non-hydrogen) atoms. The first kappa shape index (κ1) is 19.2. The summed E-state index contributed by atoms with van der Waals surface area (Å²) in [5.74, 6) is -1.71. The van der Waals surface area contributed by atoms with Gasteiger partial charge in [0.05, 0.1) is 12.7 Å². The molecular formula is C22H15F5O2. The van der Waals surface area contributed by atoms with Crippen LogP contribution >= 0.6 is 0 Å². The Morgan fingerprint density at radius 3 is 2.52 bits per heavy atom. The van der Waals surface area contributed by atoms with Gasteiger partial charge in [-0.25, -0.2) is 8.78 Å². The minimum Gasteiger partial charge on any atom is -0.491 e. The molecule has 0 amide bonds. The van der Waals surface area contributed by atoms with Gasteiger partial charge in [0.1, 0.15) is 11.9 Å². The first-order valence-electron chi connectivity index (χ1n) is 8.77. The summed E-state index contributed by atoms with van der Waals surface area (Å²) in [6.45, 7) is 0. The Balaban J connectivity index is 1.65. The summed E-state index contributed by atoms with van der Waals surface area (Å²) >= 11 is 0. The summed E-state index contributed by atoms with van der Waals surface area (Å²) in [6.07, 6.45) is -4.66. The Labute approximate surface area is 163 Å². The van der Waals surface area contributed by atoms with Gasteiger partial charge >= 0.3 is 6.18 Å². The molecule has 0 saturated carbocycles. The van der Waals surface area contributed by atoms with Crippen LogP contribution in [0, 0.1) is 11.6 Å². The zero-order valence-electron chi connectivity index (χ0n) is 15.2. The van der Waals surface area contributed by atoms with E-state index in [0.717, 1.165) is 18.2 Å². The van der Waals surface area contributed by atoms with E-state index in [1.807, 2.05) is 0 Å². The van der Waals surface area contributed by atoms with E-state index >= 15 is 0 Å². The van der Waals surface area contributed by atoms with E-state index in [0.29, 0.717) is 22.4 Å². The molecule has 0 spiro atoms. The fourth-order valence-electron chi connectivity index (χ4n) is 3.46. The number of hydrogen-bond acceptors (Lipinski definition) is 2. The van der Waals surface area contributed by atoms with Crippen molar-refractivity contribution in [3.8, 4) is 22.6 Å². The largest absolute Gasteiger partial charge is 0.491 e. The fraction of sp³-hybridized carbons (Fsp3) is 0.182. The number of benzene rings is 3. The van der Waals surface area contributed by atoms with E-state index in [1.54, 1.807) is 24.3 Å². The third-order valence-corrected chi connectivity index (χ3v) is 4.88. The molecule has 1 aliphatic rings. The predicted octanol–water partition coefficient (Wildman–Crippen LogP) is 6.34. The highest BCUT2D eigenvalue weighted by Crippen LogP contribution is 2.41. The number of halogens is 5. The van der Waals surface area contributed by atoms with Crippen molar-refractivity contribution < 1.29 is 31.4 Å². The standard InChI is InChI=1S/C22H15F5O2/c1-28-21-17(23)7-6-16(20(21)24)12-3-2-4-13(9-12)19-11-14-10-15(22(25,26)27)5-8-18(14)29-19/h2-10,19H,11H2,1H3. The van der Waals surface area contributed by atoms with E-state index in [1.165, 1.54) is 19.2 Å². The lowest BCUT2D eigenvalue weighted by Gasteiger charge is -2.14. The second-order valence-electron chi connectivity index (χ2n) is 6.70. The van der Waals surface area contributed by atoms with Gasteiger partial charge in [-0.3, -0.25) is 0 Å². The van der Waals surface area contributed by atoms with Gasteiger partial charge in [-0.05, 0) is 53.1 Å². The van der Waals surface area contributed by atoms with Crippen molar-refractivity contribution in [2.45, 2.75) is 18.7 Å². The van der Waals surface area contributed by atoms with Crippen LogP contribution in [0.15, 0.2) is 54.6 Å². The van der Waals surface area contributed by atoms with Crippen LogP contribution in [-0.4, -0.2) is 7.11 Å². The summed E-state index contributed by atoms with van der Waals surface area (Å²) < 4.78 is 77.6. The number of alkyl halides is 3. The molecule has 0 N–H and O–H groups in total. The number of ether oxygens (including phenoxy) is 2. The molecule has 3 aromatic carbocycles. The van der Waals surface area contributed by atoms with Gasteiger partial charge in [-0.2, -0.15) is 13.2 Å². The van der Waals surface area contributed by atoms with Crippen LogP contribution in [0.3, 0.4) is 0 Å². The van der Waals surface area contributed by atoms with Gasteiger partial charge < -0.3 is 9.47 Å². The lowest BCUT2D eigenvalue weighted by atomic mass is 9.97. The van der Waals surface area contributed by atoms with E-state index in [2.05, 4.69) is 0 Å². The van der Waals surface area contributed by atoms with E-state index in [4.69, 9.17) is 9.47 Å². The first-order chi connectivity index (χ1) is 13.8. The summed E-state index contributed by atoms with van der Waals surface area (Å²) in [6, 6.07) is 12.6. The number of hydrogen-bond donors (Lipinski definition) is 0. The van der Waals surface area contributed by atoms with Crippen LogP contribution in [0.4, 0.5) is 22.0 Å². The molecule has 4 rings (SSSR count). The van der Waals surface area contributed by atoms with E-state index < -0.39 is 35.2 Å². The fourth-order valence-corrected chi connectivity index (χ4v) is 3.46. The smallest absolute Gasteiger partial charge is 0.416 e. The summed E-state index contributed by atoms with van der Waals surface area (Å²) in [4.78, 5) is 0. The maximum Gasteiger partial charge on any atom is 0.416 e. The van der Waals surface area contributed by atoms with Gasteiger partial charge in [-0.1, -0.05) is 18.2 Å². The van der Waals surface area contributed by atoms with Crippen LogP contribution in [-0.2, 0) is 12.6 Å². The Bertz CT molecular complexity index is 1080. The molecule has 1 atom stereocenters. The highest BCUT2D eigenvalue weighted by Gasteiger charge is 2.33. The average Bonchev–Trinajstić information content (AvgIpc) is 3.11. The molecule has 2 nitrogen and oxygen atoms in total. The number of rotatable bonds is 3. The second kappa shape index (κ2) is 7.06. The van der Waals surface area contributed by atoms with Crippen molar-refractivity contribution in [3.63, 3.8) is 0 Å². The minimum absolute atomic E-state index is 0.153. The maximum atomic E-state index is 14.6. The molecule has 0 bridgehead atoms. The number of fused-ring (bicyclic) bond motifs is 1. The first-order valence-corrected chi connectivity index (χ1v) is 8.77. The van der Waals surface area contributed by atoms with Gasteiger partial charge in [0.15, 0.2) is 17.4 Å². The van der Waals surface area contributed by atoms with Crippen LogP contribution in [0.5, 0.6) is 11.5 Å². The third-order valence-electron chi connectivity index (χ3n) is 4.88. The molecule has 150 valence electrons. The Morgan fingerprint density at radius 1 is 1.00 bits per heavy atom. The Hall–Kier alpha value is -3.09. The predicted molar refractivity (Wildman–Crippen MR) is 96.9 cm³/mol. The van der Waals surface area contributed by atoms with E-state index in [-0.39, 0.29) is 12.0 Å². The van der Waals surface area contributed by atoms with Gasteiger partial charge in [0.2, 0.25) is 0 Å². The topological polar surface area (TPSA) is 18.5 Å². The molecule has 0 fully saturated rings. The lowest BCUT2D eigenvalue weighted by molar-refractivity contribution is -0.137. The molecule has 0 aromatic heterocycles. The maximum absolute atomic E-state index is 14.6. The SMILES string of the molecule is COc1c(F)ccc(-c2cccc(C3Cc4cc(C(F)(F)F)ccc4O3)c2)c1F. The average molecular weight is 406 g/mol. The molecule has 1 heterocycles. The quantitative estimate of drug-likeness (QED) is 0.473. The Morgan fingerprint density at radius 2 is 1.79 bits per heavy atom. The van der Waals surface area contributed by atoms with Crippen molar-refractivity contribution in [2.75, 3.05) is 7.11 Å². The molecule has 7 heteroatoms. The molecule has 3 aromatic rings. The summed E-state index contributed by atoms with van der Waals surface area (Å²) in [5, 5.41) is 0. The highest BCUT2D eigenvalue weighted by atomic mass is 19.4. The van der Waals surface area contributed by atoms with Crippen molar-refractivity contribution in [1.29, 1.82) is 0 Å². The Kier molecular flexibility index (Phi) is 4.68. The summed E-state index contributed by atoms with van der Waals surface area (Å²) in [7, 11) is 1.18. The van der Waals surface area contributed by atoms with Crippen molar-refractivity contribution in [2.24, 2.45) is 0 Å². The third kappa shape index (κ3) is 3.52. The van der Waals surface area contributed by atoms with Crippen LogP contribution in [0.1, 0.15) is 22.8 Å². The van der Waals surface area contributed by atoms with Crippen molar-refractivity contribution >= 4 is 0 Å². The minimum atomic E-state index is -4.42. The van der Waals surface area contributed by atoms with Gasteiger partial charge in [0, 0.05) is 12.0 Å². The van der Waals surface area contributed by atoms with Crippen LogP contribution in [0.2, 0.25) is 0 Å². The molecular weight excluding hydrogens is 391 g/mol. The van der Waals surface area contributed by atoms with Crippen LogP contribution in [0.25, 0.3) is 11.1 Å². The molecule has 0 aliphatic carbocycles. The molecule has 0 saturated heterocycles. The van der Waals surface area contributed by atoms with E-state index in [9.17, 15) is 22.0 Å². The molecule has 1 aliphatic heterocycles. The zero-order valence-corrected chi connectivity index (χ0v) is 15.2. The normalized spacial score (nSPS) is 15.7. The summed E-state index contributed by atoms with van der Waals surface area (Å²) in [5.41, 5.74) is 1.04. The van der Waals surface area contributed by atoms with Crippen molar-refractivity contribution in [3.05, 3.63) is 82.9 Å². The lowest BCUT2D eigenvalue weighted by Crippen LogP contribution is -2.04. The highest BCUT2D eigenvalue weighted by molar-refractivity contribution is 5.67. The number of methoxy groups -OCH3 is 1. The zero-order chi connectivity index (χ0) is 20.8. The molecule has 1 unspecified atom stereocenters. The van der Waals surface area contributed by atoms with Crippen LogP contribution < -0.4 is 9.47 Å². The van der Waals surface area contributed by atoms with Gasteiger partial charge in [0.25, 0.3) is 0 Å². The van der Waals surface area contributed by atoms with Gasteiger partial charge in [-0.15, -0.1) is 0 Å². The second-order valence-corrected chi connectivity index (χ2v) is 6.70. The monoisotopic (exact) mass is 406 g/mol.